The van der Waals surface area contributed by atoms with Crippen LogP contribution in [0.5, 0.6) is 5.75 Å². The monoisotopic (exact) mass is 1070 g/mol. The van der Waals surface area contributed by atoms with Crippen LogP contribution in [0.15, 0.2) is 170 Å². The molecule has 12 rings (SSSR count). The number of esters is 1. The third-order valence-electron chi connectivity index (χ3n) is 15.3. The fourth-order valence-electron chi connectivity index (χ4n) is 11.8. The molecule has 4 aliphatic rings. The summed E-state index contributed by atoms with van der Waals surface area (Å²) in [6.45, 7) is 0.323. The van der Waals surface area contributed by atoms with E-state index in [1.807, 2.05) is 94.7 Å². The van der Waals surface area contributed by atoms with Crippen molar-refractivity contribution in [1.29, 1.82) is 0 Å². The number of anilines is 2. The van der Waals surface area contributed by atoms with E-state index in [1.54, 1.807) is 70.5 Å². The number of piperazine rings is 1. The molecule has 6 atom stereocenters. The molecular weight excluding hydrogens is 1020 g/mol. The van der Waals surface area contributed by atoms with Crippen molar-refractivity contribution < 1.29 is 43.4 Å². The number of para-hydroxylation sites is 1. The molecule has 0 bridgehead atoms. The Labute approximate surface area is 457 Å². The molecule has 0 unspecified atom stereocenters. The van der Waals surface area contributed by atoms with Crippen molar-refractivity contribution in [2.24, 2.45) is 5.92 Å². The second-order valence-electron chi connectivity index (χ2n) is 19.7. The summed E-state index contributed by atoms with van der Waals surface area (Å²) in [5.74, 6) is 3.53. The highest BCUT2D eigenvalue weighted by Crippen LogP contribution is 2.66. The Morgan fingerprint density at radius 2 is 1.50 bits per heavy atom. The van der Waals surface area contributed by atoms with E-state index in [0.29, 0.717) is 58.1 Å². The number of nitro groups is 1. The molecule has 6 aromatic carbocycles. The number of ether oxygens (including phenoxy) is 3. The summed E-state index contributed by atoms with van der Waals surface area (Å²) in [5, 5.41) is 30.1. The van der Waals surface area contributed by atoms with E-state index in [4.69, 9.17) is 14.2 Å². The van der Waals surface area contributed by atoms with Crippen molar-refractivity contribution in [2.45, 2.75) is 42.8 Å². The van der Waals surface area contributed by atoms with Gasteiger partial charge in [-0.3, -0.25) is 29.4 Å². The van der Waals surface area contributed by atoms with Gasteiger partial charge in [0.05, 0.1) is 40.7 Å². The maximum Gasteiger partial charge on any atom is 0.421 e. The number of morpholine rings is 1. The number of carbonyl (C=O) groups excluding carboxylic acids is 4. The number of cyclic esters (lactones) is 1. The van der Waals surface area contributed by atoms with Crippen LogP contribution >= 0.6 is 0 Å². The van der Waals surface area contributed by atoms with Gasteiger partial charge in [0, 0.05) is 56.3 Å². The van der Waals surface area contributed by atoms with E-state index in [-0.39, 0.29) is 56.4 Å². The largest absolute Gasteiger partial charge is 0.491 e. The Balaban J connectivity index is 1.08. The highest BCUT2D eigenvalue weighted by molar-refractivity contribution is 6.23. The Hall–Kier alpha value is -9.84. The molecule has 3 saturated heterocycles. The van der Waals surface area contributed by atoms with E-state index in [0.717, 1.165) is 10.4 Å². The van der Waals surface area contributed by atoms with Gasteiger partial charge in [-0.2, -0.15) is 0 Å². The molecule has 0 radical (unpaired) electrons. The minimum atomic E-state index is -2.16. The number of nitrogens with zero attached hydrogens (tertiary/aromatic N) is 10. The highest BCUT2D eigenvalue weighted by Gasteiger charge is 2.76. The molecule has 400 valence electrons. The van der Waals surface area contributed by atoms with Gasteiger partial charge in [0.2, 0.25) is 17.8 Å². The van der Waals surface area contributed by atoms with Crippen molar-refractivity contribution in [2.75, 3.05) is 49.2 Å². The molecule has 8 aromatic rings. The van der Waals surface area contributed by atoms with E-state index in [2.05, 4.69) is 32.1 Å². The number of non-ortho nitro benzene ring substituents is 1. The van der Waals surface area contributed by atoms with Crippen molar-refractivity contribution in [1.82, 2.24) is 34.8 Å². The van der Waals surface area contributed by atoms with Gasteiger partial charge in [0.25, 0.3) is 5.69 Å². The summed E-state index contributed by atoms with van der Waals surface area (Å²) in [6.07, 6.45) is 1.20. The molecule has 4 aliphatic heterocycles. The van der Waals surface area contributed by atoms with Crippen molar-refractivity contribution in [3.63, 3.8) is 0 Å². The smallest absolute Gasteiger partial charge is 0.421 e. The number of amides is 3. The first-order valence-corrected chi connectivity index (χ1v) is 26.0. The number of fused-ring (bicyclic) bond motifs is 4. The summed E-state index contributed by atoms with van der Waals surface area (Å²) >= 11 is 0. The maximum absolute atomic E-state index is 16.9. The fourth-order valence-corrected chi connectivity index (χ4v) is 11.8. The number of rotatable bonds is 12. The van der Waals surface area contributed by atoms with E-state index in [9.17, 15) is 15.2 Å². The van der Waals surface area contributed by atoms with Gasteiger partial charge in [-0.25, -0.2) is 24.3 Å². The fraction of sp³-hybridized carbons (Fsp3) is 0.233. The quantitative estimate of drug-likeness (QED) is 0.0568. The number of aromatic nitrogens is 5. The van der Waals surface area contributed by atoms with Crippen molar-refractivity contribution >= 4 is 52.2 Å². The Bertz CT molecular complexity index is 3720. The molecule has 6 heterocycles. The average molecular weight is 1070 g/mol. The van der Waals surface area contributed by atoms with E-state index < -0.39 is 64.4 Å². The number of hydrogen-bond donors (Lipinski definition) is 1. The summed E-state index contributed by atoms with van der Waals surface area (Å²) in [7, 11) is 0. The minimum Gasteiger partial charge on any atom is -0.491 e. The maximum atomic E-state index is 16.9. The first-order valence-electron chi connectivity index (χ1n) is 26.0. The highest BCUT2D eigenvalue weighted by atomic mass is 16.6. The summed E-state index contributed by atoms with van der Waals surface area (Å²) in [5.41, 5.74) is 2.07. The molecule has 0 aliphatic carbocycles. The van der Waals surface area contributed by atoms with Gasteiger partial charge in [0.1, 0.15) is 48.6 Å². The van der Waals surface area contributed by atoms with Gasteiger partial charge in [0.15, 0.2) is 0 Å². The number of hydrogen-bond acceptors (Lipinski definition) is 16. The van der Waals surface area contributed by atoms with Crippen molar-refractivity contribution in [3.8, 4) is 17.6 Å². The van der Waals surface area contributed by atoms with Crippen LogP contribution in [0.25, 0.3) is 11.0 Å². The molecule has 20 nitrogen and oxygen atoms in total. The number of imide groups is 1. The topological polar surface area (TPSA) is 229 Å². The number of carbonyl (C=O) groups is 4. The predicted octanol–water partition coefficient (Wildman–Crippen LogP) is 6.90. The molecule has 1 N–H and O–H groups in total. The Morgan fingerprint density at radius 1 is 0.787 bits per heavy atom. The standard InChI is InChI=1S/C60H50N10O10/c71-34-35-78-45-18-9-17-43(37-45)54-60(46-36-39(12-10-29-67-49-20-8-7-19-47(49)63-64-67)23-26-48(46)68(57(60)74)59(75)79-38-40-21-24-44(25-22-40)70(76)77)50(55(72)65-30-32-66(33-31-65)58-61-27-11-28-62-58)52-56(73)80-53(42-15-5-2-6-16-42)51(69(52)54)41-13-3-1-4-14-41/h1-9,11,13-28,36-37,50-54,71H,29-35,38H2/t50-,51-,52-,53+,54+,60-/m0/s1. The number of benzene rings is 6. The molecule has 0 saturated carbocycles. The van der Waals surface area contributed by atoms with Crippen LogP contribution in [0.3, 0.4) is 0 Å². The van der Waals surface area contributed by atoms with Crippen LogP contribution in [-0.2, 0) is 42.4 Å². The summed E-state index contributed by atoms with van der Waals surface area (Å²) < 4.78 is 20.4. The zero-order valence-electron chi connectivity index (χ0n) is 42.8. The van der Waals surface area contributed by atoms with Crippen LogP contribution in [0, 0.1) is 27.9 Å². The van der Waals surface area contributed by atoms with Crippen molar-refractivity contribution in [3.05, 3.63) is 214 Å². The first kappa shape index (κ1) is 50.9. The Kier molecular flexibility index (Phi) is 13.7. The van der Waals surface area contributed by atoms with Gasteiger partial charge in [-0.05, 0) is 88.5 Å². The predicted molar refractivity (Wildman–Crippen MR) is 289 cm³/mol. The number of aliphatic hydroxyl groups is 1. The average Bonchev–Trinajstić information content (AvgIpc) is 3.83. The Morgan fingerprint density at radius 3 is 2.24 bits per heavy atom. The second kappa shape index (κ2) is 21.5. The lowest BCUT2D eigenvalue weighted by atomic mass is 9.64. The third kappa shape index (κ3) is 9.06. The SMILES string of the molecule is O=C1O[C@H](c2ccccc2)[C@H](c2ccccc2)N2[C@H]1[C@@H](C(=O)N1CCN(c3ncccn3)CC1)[C@]1(C(=O)N(C(=O)OCc3ccc([N+](=O)[O-])cc3)c3ccc(C#CCn4nnc5ccccc54)cc31)[C@H]2c1cccc(OCCO)c1. The van der Waals surface area contributed by atoms with E-state index >= 15 is 19.2 Å². The molecule has 3 amide bonds. The third-order valence-corrected chi connectivity index (χ3v) is 15.3. The lowest BCUT2D eigenvalue weighted by Gasteiger charge is -2.46. The number of aliphatic hydroxyl groups excluding tert-OH is 1. The molecule has 80 heavy (non-hydrogen) atoms. The first-order chi connectivity index (χ1) is 39.1. The molecule has 3 fully saturated rings. The van der Waals surface area contributed by atoms with Crippen LogP contribution in [0.2, 0.25) is 0 Å². The van der Waals surface area contributed by atoms with Gasteiger partial charge >= 0.3 is 12.1 Å². The van der Waals surface area contributed by atoms with Gasteiger partial charge in [-0.15, -0.1) is 5.10 Å². The zero-order chi connectivity index (χ0) is 54.9. The lowest BCUT2D eigenvalue weighted by molar-refractivity contribution is -0.384. The molecule has 2 aromatic heterocycles. The second-order valence-corrected chi connectivity index (χ2v) is 19.7. The van der Waals surface area contributed by atoms with E-state index in [1.165, 1.54) is 24.3 Å². The van der Waals surface area contributed by atoms with Crippen LogP contribution in [0.1, 0.15) is 51.6 Å². The van der Waals surface area contributed by atoms with Crippen LogP contribution in [-0.4, -0.2) is 114 Å². The number of nitro benzene ring substituents is 1. The molecular formula is C60H50N10O10. The van der Waals surface area contributed by atoms with Crippen LogP contribution < -0.4 is 14.5 Å². The molecule has 1 spiro atoms. The zero-order valence-corrected chi connectivity index (χ0v) is 42.8. The summed E-state index contributed by atoms with van der Waals surface area (Å²) in [6, 6.07) is 41.8. The minimum absolute atomic E-state index is 0.0652. The molecule has 20 heteroatoms. The van der Waals surface area contributed by atoms with Crippen LogP contribution in [0.4, 0.5) is 22.1 Å². The van der Waals surface area contributed by atoms with Gasteiger partial charge in [-0.1, -0.05) is 102 Å². The van der Waals surface area contributed by atoms with Gasteiger partial charge < -0.3 is 29.1 Å². The lowest BCUT2D eigenvalue weighted by Crippen LogP contribution is -2.59. The normalized spacial score (nSPS) is 21.4. The summed E-state index contributed by atoms with van der Waals surface area (Å²) in [4.78, 5) is 90.7.